The molecule has 3 heteroatoms. The zero-order valence-corrected chi connectivity index (χ0v) is 13.6. The van der Waals surface area contributed by atoms with Crippen LogP contribution in [-0.4, -0.2) is 11.9 Å². The summed E-state index contributed by atoms with van der Waals surface area (Å²) in [4.78, 5) is 14.5. The number of fused-ring (bicyclic) bond motifs is 1. The number of carbonyl (C=O) groups excluding carboxylic acids is 1. The zero-order valence-electron chi connectivity index (χ0n) is 13.6. The van der Waals surface area contributed by atoms with Crippen LogP contribution in [0.1, 0.15) is 29.2 Å². The highest BCUT2D eigenvalue weighted by Crippen LogP contribution is 2.35. The van der Waals surface area contributed by atoms with E-state index in [1.807, 2.05) is 11.8 Å². The minimum absolute atomic E-state index is 0.122. The largest absolute Gasteiger partial charge is 0.372 e. The van der Waals surface area contributed by atoms with Crippen LogP contribution in [0, 0.1) is 20.8 Å². The van der Waals surface area contributed by atoms with Gasteiger partial charge >= 0.3 is 0 Å². The van der Waals surface area contributed by atoms with Gasteiger partial charge in [-0.1, -0.05) is 29.8 Å². The van der Waals surface area contributed by atoms with Crippen LogP contribution in [-0.2, 0) is 11.3 Å². The normalized spacial score (nSPS) is 17.2. The van der Waals surface area contributed by atoms with Crippen molar-refractivity contribution >= 4 is 17.3 Å². The molecular weight excluding hydrogens is 272 g/mol. The van der Waals surface area contributed by atoms with Crippen LogP contribution in [0.2, 0.25) is 0 Å². The first-order chi connectivity index (χ1) is 10.5. The monoisotopic (exact) mass is 294 g/mol. The van der Waals surface area contributed by atoms with E-state index in [-0.39, 0.29) is 11.9 Å². The molecule has 1 unspecified atom stereocenters. The Morgan fingerprint density at radius 3 is 2.36 bits per heavy atom. The molecule has 0 saturated heterocycles. The van der Waals surface area contributed by atoms with Crippen LogP contribution in [0.25, 0.3) is 0 Å². The Labute approximate surface area is 132 Å². The van der Waals surface area contributed by atoms with E-state index in [1.165, 1.54) is 16.7 Å². The van der Waals surface area contributed by atoms with Crippen LogP contribution in [0.15, 0.2) is 36.4 Å². The SMILES string of the molecule is Cc1ccc(CN2C(=O)C(C)Nc3cc(C)c(C)cc32)cc1. The standard InChI is InChI=1S/C19H22N2O/c1-12-5-7-16(8-6-12)11-21-18-10-14(3)13(2)9-17(18)20-15(4)19(21)22/h5-10,15,20H,11H2,1-4H3. The Balaban J connectivity index is 2.01. The Bertz CT molecular complexity index is 719. The van der Waals surface area contributed by atoms with Crippen molar-refractivity contribution in [2.24, 2.45) is 0 Å². The average molecular weight is 294 g/mol. The Morgan fingerprint density at radius 1 is 1.05 bits per heavy atom. The molecule has 0 saturated carbocycles. The van der Waals surface area contributed by atoms with Gasteiger partial charge in [0.2, 0.25) is 5.91 Å². The molecule has 2 aromatic carbocycles. The fraction of sp³-hybridized carbons (Fsp3) is 0.316. The molecule has 3 rings (SSSR count). The molecule has 22 heavy (non-hydrogen) atoms. The number of anilines is 2. The van der Waals surface area contributed by atoms with Crippen molar-refractivity contribution in [1.82, 2.24) is 0 Å². The lowest BCUT2D eigenvalue weighted by Gasteiger charge is -2.34. The van der Waals surface area contributed by atoms with Crippen LogP contribution >= 0.6 is 0 Å². The van der Waals surface area contributed by atoms with Crippen LogP contribution in [0.4, 0.5) is 11.4 Å². The fourth-order valence-corrected chi connectivity index (χ4v) is 2.83. The molecule has 1 amide bonds. The Kier molecular flexibility index (Phi) is 3.65. The number of hydrogen-bond donors (Lipinski definition) is 1. The first-order valence-corrected chi connectivity index (χ1v) is 7.70. The van der Waals surface area contributed by atoms with Gasteiger partial charge in [-0.25, -0.2) is 0 Å². The minimum Gasteiger partial charge on any atom is -0.372 e. The maximum Gasteiger partial charge on any atom is 0.249 e. The topological polar surface area (TPSA) is 32.3 Å². The van der Waals surface area contributed by atoms with Crippen molar-refractivity contribution in [3.8, 4) is 0 Å². The summed E-state index contributed by atoms with van der Waals surface area (Å²) >= 11 is 0. The molecule has 0 bridgehead atoms. The minimum atomic E-state index is -0.194. The maximum absolute atomic E-state index is 12.6. The molecule has 0 radical (unpaired) electrons. The molecule has 1 N–H and O–H groups in total. The number of amides is 1. The van der Waals surface area contributed by atoms with Crippen molar-refractivity contribution in [3.63, 3.8) is 0 Å². The maximum atomic E-state index is 12.6. The van der Waals surface area contributed by atoms with Gasteiger partial charge in [0.15, 0.2) is 0 Å². The highest BCUT2D eigenvalue weighted by molar-refractivity contribution is 6.04. The van der Waals surface area contributed by atoms with E-state index >= 15 is 0 Å². The third-order valence-electron chi connectivity index (χ3n) is 4.37. The summed E-state index contributed by atoms with van der Waals surface area (Å²) in [7, 11) is 0. The molecule has 1 heterocycles. The number of aryl methyl sites for hydroxylation is 3. The van der Waals surface area contributed by atoms with Gasteiger partial charge in [-0.3, -0.25) is 4.79 Å². The lowest BCUT2D eigenvalue weighted by atomic mass is 10.0. The van der Waals surface area contributed by atoms with E-state index in [9.17, 15) is 4.79 Å². The fourth-order valence-electron chi connectivity index (χ4n) is 2.83. The van der Waals surface area contributed by atoms with Crippen molar-refractivity contribution in [1.29, 1.82) is 0 Å². The summed E-state index contributed by atoms with van der Waals surface area (Å²) in [6.45, 7) is 8.79. The van der Waals surface area contributed by atoms with E-state index in [0.29, 0.717) is 6.54 Å². The Morgan fingerprint density at radius 2 is 1.68 bits per heavy atom. The summed E-state index contributed by atoms with van der Waals surface area (Å²) in [5.74, 6) is 0.122. The van der Waals surface area contributed by atoms with Crippen LogP contribution in [0.5, 0.6) is 0 Å². The number of benzene rings is 2. The summed E-state index contributed by atoms with van der Waals surface area (Å²) in [6, 6.07) is 12.4. The molecule has 1 aliphatic heterocycles. The average Bonchev–Trinajstić information content (AvgIpc) is 2.48. The second-order valence-corrected chi connectivity index (χ2v) is 6.23. The lowest BCUT2D eigenvalue weighted by Crippen LogP contribution is -2.45. The predicted octanol–water partition coefficient (Wildman–Crippen LogP) is 3.96. The highest BCUT2D eigenvalue weighted by Gasteiger charge is 2.29. The third-order valence-corrected chi connectivity index (χ3v) is 4.37. The number of carbonyl (C=O) groups is 1. The van der Waals surface area contributed by atoms with Gasteiger partial charge in [0.1, 0.15) is 6.04 Å². The van der Waals surface area contributed by atoms with Gasteiger partial charge in [-0.05, 0) is 56.5 Å². The van der Waals surface area contributed by atoms with Crippen molar-refractivity contribution in [2.75, 3.05) is 10.2 Å². The first-order valence-electron chi connectivity index (χ1n) is 7.70. The molecule has 0 fully saturated rings. The quantitative estimate of drug-likeness (QED) is 0.909. The summed E-state index contributed by atoms with van der Waals surface area (Å²) < 4.78 is 0. The second-order valence-electron chi connectivity index (χ2n) is 6.23. The second kappa shape index (κ2) is 5.48. The molecule has 0 spiro atoms. The highest BCUT2D eigenvalue weighted by atomic mass is 16.2. The summed E-state index contributed by atoms with van der Waals surface area (Å²) in [5.41, 5.74) is 6.85. The molecule has 1 aliphatic rings. The molecule has 3 nitrogen and oxygen atoms in total. The van der Waals surface area contributed by atoms with Gasteiger partial charge in [0, 0.05) is 0 Å². The number of nitrogens with zero attached hydrogens (tertiary/aromatic N) is 1. The number of hydrogen-bond acceptors (Lipinski definition) is 2. The van der Waals surface area contributed by atoms with Gasteiger partial charge < -0.3 is 10.2 Å². The van der Waals surface area contributed by atoms with Crippen molar-refractivity contribution in [3.05, 3.63) is 58.7 Å². The van der Waals surface area contributed by atoms with Gasteiger partial charge in [-0.15, -0.1) is 0 Å². The molecular formula is C19H22N2O. The molecule has 0 aliphatic carbocycles. The van der Waals surface area contributed by atoms with Gasteiger partial charge in [0.05, 0.1) is 17.9 Å². The molecule has 114 valence electrons. The Hall–Kier alpha value is -2.29. The smallest absolute Gasteiger partial charge is 0.249 e. The van der Waals surface area contributed by atoms with Gasteiger partial charge in [-0.2, -0.15) is 0 Å². The van der Waals surface area contributed by atoms with Gasteiger partial charge in [0.25, 0.3) is 0 Å². The third kappa shape index (κ3) is 2.59. The summed E-state index contributed by atoms with van der Waals surface area (Å²) in [5, 5.41) is 3.31. The predicted molar refractivity (Wildman–Crippen MR) is 91.4 cm³/mol. The van der Waals surface area contributed by atoms with E-state index in [2.05, 4.69) is 62.5 Å². The van der Waals surface area contributed by atoms with E-state index < -0.39 is 0 Å². The molecule has 1 atom stereocenters. The van der Waals surface area contributed by atoms with E-state index in [1.54, 1.807) is 0 Å². The first kappa shape index (κ1) is 14.6. The summed E-state index contributed by atoms with van der Waals surface area (Å²) in [6.07, 6.45) is 0. The number of rotatable bonds is 2. The van der Waals surface area contributed by atoms with E-state index in [4.69, 9.17) is 0 Å². The number of nitrogens with one attached hydrogen (secondary N) is 1. The van der Waals surface area contributed by atoms with Crippen LogP contribution < -0.4 is 10.2 Å². The van der Waals surface area contributed by atoms with Crippen molar-refractivity contribution in [2.45, 2.75) is 40.3 Å². The van der Waals surface area contributed by atoms with E-state index in [0.717, 1.165) is 16.9 Å². The lowest BCUT2D eigenvalue weighted by molar-refractivity contribution is -0.119. The van der Waals surface area contributed by atoms with Crippen LogP contribution in [0.3, 0.4) is 0 Å². The van der Waals surface area contributed by atoms with Crippen molar-refractivity contribution < 1.29 is 4.79 Å². The molecule has 2 aromatic rings. The zero-order chi connectivity index (χ0) is 15.9. The molecule has 0 aromatic heterocycles.